The SMILES string of the molecule is CCN(CC)CCN(C(=O)c1ccc(S(=O)(=O)N2CCc3ccccc3C2)cc1)c1nc2ccc(OC)cc2s1. The van der Waals surface area contributed by atoms with Crippen LogP contribution >= 0.6 is 11.3 Å². The molecule has 0 radical (unpaired) electrons. The quantitative estimate of drug-likeness (QED) is 0.262. The topological polar surface area (TPSA) is 83.1 Å². The number of methoxy groups -OCH3 is 1. The van der Waals surface area contributed by atoms with Crippen molar-refractivity contribution < 1.29 is 17.9 Å². The Morgan fingerprint density at radius 3 is 2.42 bits per heavy atom. The highest BCUT2D eigenvalue weighted by Crippen LogP contribution is 2.32. The van der Waals surface area contributed by atoms with Crippen molar-refractivity contribution in [3.05, 3.63) is 83.4 Å². The molecular formula is C30H34N4O4S2. The van der Waals surface area contributed by atoms with Crippen molar-refractivity contribution in [2.75, 3.05) is 44.7 Å². The Morgan fingerprint density at radius 1 is 1.00 bits per heavy atom. The third-order valence-electron chi connectivity index (χ3n) is 7.43. The highest BCUT2D eigenvalue weighted by Gasteiger charge is 2.29. The Labute approximate surface area is 239 Å². The summed E-state index contributed by atoms with van der Waals surface area (Å²) in [7, 11) is -2.07. The number of likely N-dealkylation sites (N-methyl/N-ethyl adjacent to an activating group) is 1. The van der Waals surface area contributed by atoms with E-state index in [0.717, 1.165) is 34.6 Å². The molecule has 0 unspecified atom stereocenters. The summed E-state index contributed by atoms with van der Waals surface area (Å²) in [5.41, 5.74) is 3.43. The van der Waals surface area contributed by atoms with Crippen LogP contribution in [0.4, 0.5) is 5.13 Å². The zero-order chi connectivity index (χ0) is 28.3. The summed E-state index contributed by atoms with van der Waals surface area (Å²) in [6, 6.07) is 19.9. The first kappa shape index (κ1) is 28.2. The second-order valence-corrected chi connectivity index (χ2v) is 12.6. The lowest BCUT2D eigenvalue weighted by Crippen LogP contribution is -2.39. The van der Waals surface area contributed by atoms with E-state index in [-0.39, 0.29) is 10.8 Å². The largest absolute Gasteiger partial charge is 0.497 e. The van der Waals surface area contributed by atoms with Crippen LogP contribution in [-0.4, -0.2) is 68.3 Å². The number of benzene rings is 3. The molecule has 40 heavy (non-hydrogen) atoms. The van der Waals surface area contributed by atoms with Crippen molar-refractivity contribution in [3.63, 3.8) is 0 Å². The molecule has 0 fully saturated rings. The van der Waals surface area contributed by atoms with E-state index < -0.39 is 10.0 Å². The van der Waals surface area contributed by atoms with Crippen LogP contribution in [0.2, 0.25) is 0 Å². The van der Waals surface area contributed by atoms with Crippen LogP contribution in [0.5, 0.6) is 5.75 Å². The monoisotopic (exact) mass is 578 g/mol. The number of rotatable bonds is 10. The molecule has 8 nitrogen and oxygen atoms in total. The van der Waals surface area contributed by atoms with Crippen LogP contribution < -0.4 is 9.64 Å². The summed E-state index contributed by atoms with van der Waals surface area (Å²) >= 11 is 1.44. The van der Waals surface area contributed by atoms with Crippen LogP contribution in [0, 0.1) is 0 Å². The van der Waals surface area contributed by atoms with Crippen molar-refractivity contribution >= 4 is 42.6 Å². The zero-order valence-corrected chi connectivity index (χ0v) is 24.7. The molecule has 2 heterocycles. The number of hydrogen-bond donors (Lipinski definition) is 0. The van der Waals surface area contributed by atoms with Crippen molar-refractivity contribution in [2.24, 2.45) is 0 Å². The third kappa shape index (κ3) is 5.76. The Bertz CT molecular complexity index is 1600. The molecule has 0 N–H and O–H groups in total. The van der Waals surface area contributed by atoms with E-state index in [1.807, 2.05) is 42.5 Å². The van der Waals surface area contributed by atoms with E-state index in [2.05, 4.69) is 18.7 Å². The van der Waals surface area contributed by atoms with Crippen molar-refractivity contribution in [2.45, 2.75) is 31.7 Å². The fourth-order valence-corrected chi connectivity index (χ4v) is 7.39. The Morgan fingerprint density at radius 2 is 1.73 bits per heavy atom. The number of carbonyl (C=O) groups is 1. The number of fused-ring (bicyclic) bond motifs is 2. The number of thiazole rings is 1. The molecule has 0 saturated heterocycles. The Balaban J connectivity index is 1.40. The van der Waals surface area contributed by atoms with Crippen LogP contribution in [-0.2, 0) is 23.0 Å². The van der Waals surface area contributed by atoms with E-state index >= 15 is 0 Å². The van der Waals surface area contributed by atoms with Gasteiger partial charge >= 0.3 is 0 Å². The van der Waals surface area contributed by atoms with Gasteiger partial charge in [0.25, 0.3) is 5.91 Å². The second kappa shape index (κ2) is 12.1. The Hall–Kier alpha value is -3.31. The molecule has 10 heteroatoms. The van der Waals surface area contributed by atoms with E-state index in [1.54, 1.807) is 24.1 Å². The fourth-order valence-electron chi connectivity index (χ4n) is 4.95. The molecule has 1 aliphatic heterocycles. The molecule has 1 amide bonds. The normalized spacial score (nSPS) is 13.9. The van der Waals surface area contributed by atoms with Crippen molar-refractivity contribution in [1.29, 1.82) is 0 Å². The molecule has 0 spiro atoms. The van der Waals surface area contributed by atoms with Crippen LogP contribution in [0.1, 0.15) is 35.3 Å². The van der Waals surface area contributed by atoms with Crippen LogP contribution in [0.25, 0.3) is 10.2 Å². The van der Waals surface area contributed by atoms with Gasteiger partial charge in [-0.05, 0) is 73.1 Å². The van der Waals surface area contributed by atoms with Gasteiger partial charge in [-0.25, -0.2) is 13.4 Å². The highest BCUT2D eigenvalue weighted by molar-refractivity contribution is 7.89. The van der Waals surface area contributed by atoms with Gasteiger partial charge in [0.05, 0.1) is 22.2 Å². The molecule has 3 aromatic carbocycles. The standard InChI is InChI=1S/C30H34N4O4S2/c1-4-32(5-2)18-19-34(30-31-27-15-12-25(38-3)20-28(27)39-30)29(35)23-10-13-26(14-11-23)40(36,37)33-17-16-22-8-6-7-9-24(22)21-33/h6-15,20H,4-5,16-19,21H2,1-3H3. The summed E-state index contributed by atoms with van der Waals surface area (Å²) < 4.78 is 34.7. The summed E-state index contributed by atoms with van der Waals surface area (Å²) in [4.78, 5) is 22.7. The average molecular weight is 579 g/mol. The van der Waals surface area contributed by atoms with Crippen LogP contribution in [0.15, 0.2) is 71.6 Å². The molecule has 0 bridgehead atoms. The fraction of sp³-hybridized carbons (Fsp3) is 0.333. The van der Waals surface area contributed by atoms with E-state index in [0.29, 0.717) is 43.3 Å². The molecular weight excluding hydrogens is 544 g/mol. The number of amides is 1. The second-order valence-electron chi connectivity index (χ2n) is 9.70. The minimum absolute atomic E-state index is 0.185. The zero-order valence-electron chi connectivity index (χ0n) is 23.0. The number of sulfonamides is 1. The average Bonchev–Trinajstić information content (AvgIpc) is 3.42. The van der Waals surface area contributed by atoms with Gasteiger partial charge in [-0.2, -0.15) is 4.31 Å². The molecule has 4 aromatic rings. The van der Waals surface area contributed by atoms with Gasteiger partial charge in [0, 0.05) is 31.7 Å². The number of anilines is 1. The van der Waals surface area contributed by atoms with Crippen molar-refractivity contribution in [1.82, 2.24) is 14.2 Å². The molecule has 210 valence electrons. The van der Waals surface area contributed by atoms with Gasteiger partial charge in [-0.1, -0.05) is 49.4 Å². The maximum absolute atomic E-state index is 13.8. The molecule has 0 atom stereocenters. The maximum Gasteiger partial charge on any atom is 0.260 e. The smallest absolute Gasteiger partial charge is 0.260 e. The first-order valence-corrected chi connectivity index (χ1v) is 15.8. The predicted molar refractivity (Wildman–Crippen MR) is 160 cm³/mol. The molecule has 5 rings (SSSR count). The first-order valence-electron chi connectivity index (χ1n) is 13.5. The lowest BCUT2D eigenvalue weighted by molar-refractivity contribution is 0.0983. The minimum atomic E-state index is -3.69. The number of nitrogens with zero attached hydrogens (tertiary/aromatic N) is 4. The lowest BCUT2D eigenvalue weighted by atomic mass is 10.0. The lowest BCUT2D eigenvalue weighted by Gasteiger charge is -2.28. The summed E-state index contributed by atoms with van der Waals surface area (Å²) in [6.45, 7) is 7.89. The summed E-state index contributed by atoms with van der Waals surface area (Å²) in [5, 5.41) is 0.601. The first-order chi connectivity index (χ1) is 19.3. The highest BCUT2D eigenvalue weighted by atomic mass is 32.2. The maximum atomic E-state index is 13.8. The minimum Gasteiger partial charge on any atom is -0.497 e. The van der Waals surface area contributed by atoms with Crippen molar-refractivity contribution in [3.8, 4) is 5.75 Å². The number of aromatic nitrogens is 1. The Kier molecular flexibility index (Phi) is 8.51. The van der Waals surface area contributed by atoms with E-state index in [1.165, 1.54) is 33.3 Å². The predicted octanol–water partition coefficient (Wildman–Crippen LogP) is 5.04. The van der Waals surface area contributed by atoms with Gasteiger partial charge in [-0.3, -0.25) is 9.69 Å². The molecule has 0 aliphatic carbocycles. The van der Waals surface area contributed by atoms with Gasteiger partial charge in [0.2, 0.25) is 10.0 Å². The number of ether oxygens (including phenoxy) is 1. The number of hydrogen-bond acceptors (Lipinski definition) is 7. The molecule has 0 saturated carbocycles. The third-order valence-corrected chi connectivity index (χ3v) is 10.3. The van der Waals surface area contributed by atoms with Gasteiger partial charge in [-0.15, -0.1) is 0 Å². The van der Waals surface area contributed by atoms with Crippen LogP contribution in [0.3, 0.4) is 0 Å². The molecule has 1 aromatic heterocycles. The molecule has 1 aliphatic rings. The van der Waals surface area contributed by atoms with E-state index in [9.17, 15) is 13.2 Å². The van der Waals surface area contributed by atoms with Gasteiger partial charge < -0.3 is 9.64 Å². The summed E-state index contributed by atoms with van der Waals surface area (Å²) in [5.74, 6) is 0.520. The summed E-state index contributed by atoms with van der Waals surface area (Å²) in [6.07, 6.45) is 0.682. The van der Waals surface area contributed by atoms with Gasteiger partial charge in [0.15, 0.2) is 5.13 Å². The number of carbonyl (C=O) groups excluding carboxylic acids is 1. The van der Waals surface area contributed by atoms with Gasteiger partial charge in [0.1, 0.15) is 5.75 Å². The van der Waals surface area contributed by atoms with E-state index in [4.69, 9.17) is 9.72 Å².